The Morgan fingerprint density at radius 3 is 2.29 bits per heavy atom. The quantitative estimate of drug-likeness (QED) is 0.594. The summed E-state index contributed by atoms with van der Waals surface area (Å²) in [6.45, 7) is 3.50. The second kappa shape index (κ2) is 9.27. The van der Waals surface area contributed by atoms with Crippen LogP contribution in [0.15, 0.2) is 71.3 Å². The van der Waals surface area contributed by atoms with E-state index in [-0.39, 0.29) is 11.8 Å². The number of hydrogen-bond acceptors (Lipinski definition) is 4. The molecule has 1 atom stereocenters. The largest absolute Gasteiger partial charge is 0.479 e. The van der Waals surface area contributed by atoms with E-state index in [9.17, 15) is 9.59 Å². The topological polar surface area (TPSA) is 63.0 Å². The first-order chi connectivity index (χ1) is 15.0. The van der Waals surface area contributed by atoms with Gasteiger partial charge in [-0.2, -0.15) is 0 Å². The second-order valence-electron chi connectivity index (χ2n) is 7.37. The van der Waals surface area contributed by atoms with Crippen molar-refractivity contribution in [3.63, 3.8) is 0 Å². The maximum atomic E-state index is 12.8. The minimum absolute atomic E-state index is 0.131. The first kappa shape index (κ1) is 21.0. The summed E-state index contributed by atoms with van der Waals surface area (Å²) in [6.07, 6.45) is 0.788. The summed E-state index contributed by atoms with van der Waals surface area (Å²) in [5.74, 6) is 0.485. The van der Waals surface area contributed by atoms with E-state index in [1.54, 1.807) is 34.9 Å². The second-order valence-corrected chi connectivity index (χ2v) is 7.77. The van der Waals surface area contributed by atoms with Crippen LogP contribution in [0.1, 0.15) is 17.5 Å². The molecule has 0 saturated carbocycles. The fourth-order valence-electron chi connectivity index (χ4n) is 3.59. The zero-order valence-electron chi connectivity index (χ0n) is 17.2. The Morgan fingerprint density at radius 2 is 1.65 bits per heavy atom. The molecule has 1 fully saturated rings. The van der Waals surface area contributed by atoms with Crippen molar-refractivity contribution < 1.29 is 18.7 Å². The molecule has 160 valence electrons. The fraction of sp³-hybridized carbons (Fsp3) is 0.250. The number of halogens is 1. The van der Waals surface area contributed by atoms with Crippen LogP contribution >= 0.6 is 11.6 Å². The Morgan fingerprint density at radius 1 is 0.935 bits per heavy atom. The Balaban J connectivity index is 1.34. The number of amides is 2. The van der Waals surface area contributed by atoms with Gasteiger partial charge in [0, 0.05) is 26.2 Å². The molecule has 2 amide bonds. The summed E-state index contributed by atoms with van der Waals surface area (Å²) in [4.78, 5) is 28.6. The monoisotopic (exact) mass is 438 g/mol. The van der Waals surface area contributed by atoms with Gasteiger partial charge in [0.1, 0.15) is 5.75 Å². The van der Waals surface area contributed by atoms with E-state index in [1.165, 1.54) is 6.26 Å². The molecule has 1 aromatic heterocycles. The fourth-order valence-corrected chi connectivity index (χ4v) is 3.82. The van der Waals surface area contributed by atoms with Crippen LogP contribution < -0.4 is 4.74 Å². The van der Waals surface area contributed by atoms with Crippen molar-refractivity contribution in [1.29, 1.82) is 0 Å². The van der Waals surface area contributed by atoms with E-state index in [2.05, 4.69) is 0 Å². The third kappa shape index (κ3) is 4.75. The van der Waals surface area contributed by atoms with Gasteiger partial charge in [0.25, 0.3) is 11.8 Å². The SMILES string of the molecule is C[C@H](Oc1ccc(-c2ccccc2)cc1Cl)C(=O)N1CCN(C(=O)c2ccco2)CC1. The maximum Gasteiger partial charge on any atom is 0.289 e. The summed E-state index contributed by atoms with van der Waals surface area (Å²) < 4.78 is 11.0. The lowest BCUT2D eigenvalue weighted by molar-refractivity contribution is -0.139. The van der Waals surface area contributed by atoms with Gasteiger partial charge in [0.15, 0.2) is 11.9 Å². The van der Waals surface area contributed by atoms with Gasteiger partial charge in [-0.3, -0.25) is 9.59 Å². The summed E-state index contributed by atoms with van der Waals surface area (Å²) in [5, 5.41) is 0.454. The van der Waals surface area contributed by atoms with E-state index in [4.69, 9.17) is 20.8 Å². The first-order valence-corrected chi connectivity index (χ1v) is 10.5. The van der Waals surface area contributed by atoms with Crippen molar-refractivity contribution in [3.05, 3.63) is 77.7 Å². The molecule has 2 aromatic carbocycles. The number of ether oxygens (including phenoxy) is 1. The summed E-state index contributed by atoms with van der Waals surface area (Å²) >= 11 is 6.41. The molecule has 1 aliphatic heterocycles. The van der Waals surface area contributed by atoms with E-state index in [0.29, 0.717) is 42.7 Å². The molecule has 0 aliphatic carbocycles. The van der Waals surface area contributed by atoms with Crippen molar-refractivity contribution in [2.75, 3.05) is 26.2 Å². The number of rotatable bonds is 5. The van der Waals surface area contributed by atoms with Gasteiger partial charge in [-0.05, 0) is 42.3 Å². The molecular formula is C24H23ClN2O4. The molecule has 1 aliphatic rings. The van der Waals surface area contributed by atoms with Crippen molar-refractivity contribution in [3.8, 4) is 16.9 Å². The smallest absolute Gasteiger partial charge is 0.289 e. The summed E-state index contributed by atoms with van der Waals surface area (Å²) in [7, 11) is 0. The minimum atomic E-state index is -0.688. The normalized spacial score (nSPS) is 14.9. The number of carbonyl (C=O) groups is 2. The minimum Gasteiger partial charge on any atom is -0.479 e. The van der Waals surface area contributed by atoms with Crippen LogP contribution in [0.25, 0.3) is 11.1 Å². The van der Waals surface area contributed by atoms with Crippen molar-refractivity contribution in [2.24, 2.45) is 0 Å². The Hall–Kier alpha value is -3.25. The van der Waals surface area contributed by atoms with Crippen LogP contribution in [-0.2, 0) is 4.79 Å². The molecule has 6 nitrogen and oxygen atoms in total. The molecule has 0 spiro atoms. The molecular weight excluding hydrogens is 416 g/mol. The molecule has 1 saturated heterocycles. The highest BCUT2D eigenvalue weighted by molar-refractivity contribution is 6.32. The van der Waals surface area contributed by atoms with Gasteiger partial charge in [-0.1, -0.05) is 48.0 Å². The summed E-state index contributed by atoms with van der Waals surface area (Å²) in [5.41, 5.74) is 2.04. The molecule has 0 radical (unpaired) electrons. The number of piperazine rings is 1. The first-order valence-electron chi connectivity index (χ1n) is 10.2. The zero-order chi connectivity index (χ0) is 21.8. The van der Waals surface area contributed by atoms with Gasteiger partial charge in [-0.15, -0.1) is 0 Å². The Bertz CT molecular complexity index is 1040. The van der Waals surface area contributed by atoms with Crippen LogP contribution in [0.3, 0.4) is 0 Å². The zero-order valence-corrected chi connectivity index (χ0v) is 17.9. The van der Waals surface area contributed by atoms with Crippen molar-refractivity contribution in [2.45, 2.75) is 13.0 Å². The number of furan rings is 1. The number of nitrogens with zero attached hydrogens (tertiary/aromatic N) is 2. The van der Waals surface area contributed by atoms with E-state index >= 15 is 0 Å². The highest BCUT2D eigenvalue weighted by Crippen LogP contribution is 2.31. The molecule has 3 aromatic rings. The molecule has 7 heteroatoms. The molecule has 0 unspecified atom stereocenters. The standard InChI is InChI=1S/C24H23ClN2O4/c1-17(31-21-10-9-19(16-20(21)25)18-6-3-2-4-7-18)23(28)26-11-13-27(14-12-26)24(29)22-8-5-15-30-22/h2-10,15-17H,11-14H2,1H3/t17-/m0/s1. The number of carbonyl (C=O) groups excluding carboxylic acids is 2. The highest BCUT2D eigenvalue weighted by Gasteiger charge is 2.29. The highest BCUT2D eigenvalue weighted by atomic mass is 35.5. The molecule has 4 rings (SSSR count). The van der Waals surface area contributed by atoms with Crippen LogP contribution in [0, 0.1) is 0 Å². The van der Waals surface area contributed by atoms with Gasteiger partial charge in [-0.25, -0.2) is 0 Å². The Kier molecular flexibility index (Phi) is 6.28. The lowest BCUT2D eigenvalue weighted by atomic mass is 10.1. The Labute approximate surface area is 186 Å². The predicted molar refractivity (Wildman–Crippen MR) is 118 cm³/mol. The van der Waals surface area contributed by atoms with Gasteiger partial charge in [0.2, 0.25) is 0 Å². The van der Waals surface area contributed by atoms with Crippen molar-refractivity contribution >= 4 is 23.4 Å². The third-order valence-electron chi connectivity index (χ3n) is 5.30. The lowest BCUT2D eigenvalue weighted by Gasteiger charge is -2.35. The third-order valence-corrected chi connectivity index (χ3v) is 5.60. The van der Waals surface area contributed by atoms with Gasteiger partial charge >= 0.3 is 0 Å². The number of benzene rings is 2. The van der Waals surface area contributed by atoms with Crippen LogP contribution in [0.2, 0.25) is 5.02 Å². The average molecular weight is 439 g/mol. The summed E-state index contributed by atoms with van der Waals surface area (Å²) in [6, 6.07) is 18.8. The van der Waals surface area contributed by atoms with Crippen LogP contribution in [0.4, 0.5) is 0 Å². The van der Waals surface area contributed by atoms with Gasteiger partial charge < -0.3 is 19.0 Å². The van der Waals surface area contributed by atoms with Crippen LogP contribution in [-0.4, -0.2) is 53.9 Å². The van der Waals surface area contributed by atoms with E-state index in [0.717, 1.165) is 11.1 Å². The average Bonchev–Trinajstić information content (AvgIpc) is 3.35. The van der Waals surface area contributed by atoms with Gasteiger partial charge in [0.05, 0.1) is 11.3 Å². The van der Waals surface area contributed by atoms with E-state index in [1.807, 2.05) is 42.5 Å². The number of hydrogen-bond donors (Lipinski definition) is 0. The predicted octanol–water partition coefficient (Wildman–Crippen LogP) is 4.35. The van der Waals surface area contributed by atoms with E-state index < -0.39 is 6.10 Å². The maximum absolute atomic E-state index is 12.8. The molecule has 31 heavy (non-hydrogen) atoms. The molecule has 2 heterocycles. The lowest BCUT2D eigenvalue weighted by Crippen LogP contribution is -2.53. The molecule has 0 bridgehead atoms. The molecule has 0 N–H and O–H groups in total. The van der Waals surface area contributed by atoms with Crippen molar-refractivity contribution in [1.82, 2.24) is 9.80 Å². The van der Waals surface area contributed by atoms with Crippen LogP contribution in [0.5, 0.6) is 5.75 Å².